The van der Waals surface area contributed by atoms with Crippen LogP contribution in [0.4, 0.5) is 4.39 Å². The monoisotopic (exact) mass is 306 g/mol. The average Bonchev–Trinajstić information content (AvgIpc) is 2.65. The van der Waals surface area contributed by atoms with Crippen molar-refractivity contribution in [1.82, 2.24) is 4.72 Å². The van der Waals surface area contributed by atoms with E-state index in [1.807, 2.05) is 4.72 Å². The molecule has 2 aliphatic heterocycles. The third-order valence-electron chi connectivity index (χ3n) is 2.56. The van der Waals surface area contributed by atoms with Gasteiger partial charge in [-0.05, 0) is 18.1 Å². The standard InChI is InChI=1S/C10H11FN2O4S2/c1-5-3-8(11)18-9(5)6-4-7(10(14)17-2)13-19(15,16)12-6/h3-5,9,13H,1-2H3. The van der Waals surface area contributed by atoms with Crippen LogP contribution in [-0.4, -0.2) is 32.5 Å². The Morgan fingerprint density at radius 3 is 2.79 bits per heavy atom. The zero-order valence-corrected chi connectivity index (χ0v) is 11.7. The molecule has 2 aliphatic rings. The van der Waals surface area contributed by atoms with Crippen molar-refractivity contribution in [2.24, 2.45) is 10.3 Å². The quantitative estimate of drug-likeness (QED) is 0.766. The van der Waals surface area contributed by atoms with E-state index in [0.29, 0.717) is 0 Å². The highest BCUT2D eigenvalue weighted by molar-refractivity contribution is 8.04. The van der Waals surface area contributed by atoms with Gasteiger partial charge in [0.15, 0.2) is 5.16 Å². The van der Waals surface area contributed by atoms with E-state index in [9.17, 15) is 17.6 Å². The highest BCUT2D eigenvalue weighted by Crippen LogP contribution is 2.38. The Balaban J connectivity index is 2.36. The lowest BCUT2D eigenvalue weighted by molar-refractivity contribution is -0.136. The molecule has 0 saturated carbocycles. The van der Waals surface area contributed by atoms with Crippen LogP contribution in [0.15, 0.2) is 27.4 Å². The van der Waals surface area contributed by atoms with Crippen LogP contribution in [0, 0.1) is 5.92 Å². The number of carbonyl (C=O) groups is 1. The minimum Gasteiger partial charge on any atom is -0.464 e. The summed E-state index contributed by atoms with van der Waals surface area (Å²) in [4.78, 5) is 11.4. The maximum Gasteiger partial charge on any atom is 0.355 e. The smallest absolute Gasteiger partial charge is 0.355 e. The molecule has 2 atom stereocenters. The van der Waals surface area contributed by atoms with Crippen molar-refractivity contribution in [3.63, 3.8) is 0 Å². The van der Waals surface area contributed by atoms with Crippen LogP contribution in [0.25, 0.3) is 0 Å². The Bertz CT molecular complexity index is 609. The van der Waals surface area contributed by atoms with E-state index in [1.54, 1.807) is 6.92 Å². The molecule has 0 radical (unpaired) electrons. The Hall–Kier alpha value is -1.35. The van der Waals surface area contributed by atoms with Crippen LogP contribution >= 0.6 is 11.8 Å². The van der Waals surface area contributed by atoms with E-state index in [-0.39, 0.29) is 22.5 Å². The number of esters is 1. The zero-order chi connectivity index (χ0) is 14.2. The zero-order valence-electron chi connectivity index (χ0n) is 10.1. The third kappa shape index (κ3) is 2.98. The fraction of sp³-hybridized carbons (Fsp3) is 0.400. The third-order valence-corrected chi connectivity index (χ3v) is 4.78. The number of methoxy groups -OCH3 is 1. The number of ether oxygens (including phenoxy) is 1. The van der Waals surface area contributed by atoms with Crippen LogP contribution < -0.4 is 4.72 Å². The summed E-state index contributed by atoms with van der Waals surface area (Å²) in [5, 5.41) is -0.860. The lowest BCUT2D eigenvalue weighted by Crippen LogP contribution is -2.34. The van der Waals surface area contributed by atoms with Gasteiger partial charge in [0.05, 0.1) is 18.1 Å². The fourth-order valence-corrected chi connectivity index (χ4v) is 3.79. The SMILES string of the molecule is COC(=O)C1=CC(C2SC(F)=CC2C)=NS(=O)(=O)N1. The molecule has 0 aliphatic carbocycles. The molecule has 104 valence electrons. The number of hydrogen-bond donors (Lipinski definition) is 1. The predicted molar refractivity (Wildman–Crippen MR) is 69.3 cm³/mol. The second kappa shape index (κ2) is 4.97. The first-order valence-electron chi connectivity index (χ1n) is 5.29. The highest BCUT2D eigenvalue weighted by Gasteiger charge is 2.33. The molecule has 2 heterocycles. The van der Waals surface area contributed by atoms with Crippen LogP contribution in [0.5, 0.6) is 0 Å². The van der Waals surface area contributed by atoms with E-state index in [4.69, 9.17) is 0 Å². The van der Waals surface area contributed by atoms with Gasteiger partial charge in [-0.25, -0.2) is 4.79 Å². The minimum absolute atomic E-state index is 0.126. The van der Waals surface area contributed by atoms with Gasteiger partial charge in [0.2, 0.25) is 0 Å². The lowest BCUT2D eigenvalue weighted by Gasteiger charge is -2.19. The maximum atomic E-state index is 13.2. The Morgan fingerprint density at radius 2 is 2.26 bits per heavy atom. The molecule has 1 N–H and O–H groups in total. The van der Waals surface area contributed by atoms with E-state index in [2.05, 4.69) is 9.13 Å². The number of allylic oxidation sites excluding steroid dienone is 2. The molecule has 9 heteroatoms. The van der Waals surface area contributed by atoms with E-state index in [1.165, 1.54) is 12.2 Å². The van der Waals surface area contributed by atoms with Gasteiger partial charge in [0, 0.05) is 0 Å². The average molecular weight is 306 g/mol. The van der Waals surface area contributed by atoms with E-state index >= 15 is 0 Å². The summed E-state index contributed by atoms with van der Waals surface area (Å²) in [6.45, 7) is 1.74. The second-order valence-electron chi connectivity index (χ2n) is 4.01. The highest BCUT2D eigenvalue weighted by atomic mass is 32.2. The molecule has 2 rings (SSSR count). The Labute approximate surface area is 114 Å². The molecule has 6 nitrogen and oxygen atoms in total. The molecule has 0 amide bonds. The van der Waals surface area contributed by atoms with Gasteiger partial charge in [-0.2, -0.15) is 12.8 Å². The summed E-state index contributed by atoms with van der Waals surface area (Å²) >= 11 is 0.877. The lowest BCUT2D eigenvalue weighted by atomic mass is 10.0. The Morgan fingerprint density at radius 1 is 1.58 bits per heavy atom. The maximum absolute atomic E-state index is 13.2. The molecule has 19 heavy (non-hydrogen) atoms. The molecular weight excluding hydrogens is 295 g/mol. The van der Waals surface area contributed by atoms with Crippen molar-refractivity contribution < 1.29 is 22.3 Å². The summed E-state index contributed by atoms with van der Waals surface area (Å²) in [5.41, 5.74) is -0.104. The molecule has 2 unspecified atom stereocenters. The summed E-state index contributed by atoms with van der Waals surface area (Å²) < 4.78 is 46.3. The van der Waals surface area contributed by atoms with Crippen LogP contribution in [0.1, 0.15) is 6.92 Å². The largest absolute Gasteiger partial charge is 0.464 e. The number of hydrogen-bond acceptors (Lipinski definition) is 5. The Kier molecular flexibility index (Phi) is 3.68. The molecule has 0 aromatic rings. The minimum atomic E-state index is -4.00. The number of rotatable bonds is 2. The summed E-state index contributed by atoms with van der Waals surface area (Å²) in [5.74, 6) is -1.03. The molecule has 0 fully saturated rings. The second-order valence-corrected chi connectivity index (χ2v) is 6.48. The van der Waals surface area contributed by atoms with Crippen molar-refractivity contribution in [2.45, 2.75) is 12.2 Å². The molecule has 0 aromatic heterocycles. The molecule has 0 aromatic carbocycles. The topological polar surface area (TPSA) is 84.8 Å². The van der Waals surface area contributed by atoms with Crippen molar-refractivity contribution in [3.05, 3.63) is 23.0 Å². The summed E-state index contributed by atoms with van der Waals surface area (Å²) in [6, 6.07) is 0. The fourth-order valence-electron chi connectivity index (χ4n) is 1.74. The van der Waals surface area contributed by atoms with Gasteiger partial charge in [-0.15, -0.1) is 4.40 Å². The number of carbonyl (C=O) groups excluding carboxylic acids is 1. The molecular formula is C10H11FN2O4S2. The normalized spacial score (nSPS) is 28.9. The van der Waals surface area contributed by atoms with Crippen LogP contribution in [-0.2, 0) is 19.7 Å². The number of thioether (sulfide) groups is 1. The first-order valence-corrected chi connectivity index (χ1v) is 7.61. The van der Waals surface area contributed by atoms with Gasteiger partial charge >= 0.3 is 16.2 Å². The predicted octanol–water partition coefficient (Wildman–Crippen LogP) is 0.895. The first kappa shape index (κ1) is 14.1. The first-order chi connectivity index (χ1) is 8.82. The van der Waals surface area contributed by atoms with Crippen molar-refractivity contribution in [2.75, 3.05) is 7.11 Å². The van der Waals surface area contributed by atoms with Gasteiger partial charge in [0.1, 0.15) is 5.70 Å². The van der Waals surface area contributed by atoms with Gasteiger partial charge in [-0.1, -0.05) is 18.7 Å². The number of nitrogens with zero attached hydrogens (tertiary/aromatic N) is 1. The van der Waals surface area contributed by atoms with Crippen LogP contribution in [0.3, 0.4) is 0 Å². The van der Waals surface area contributed by atoms with Gasteiger partial charge < -0.3 is 4.74 Å². The molecule has 0 saturated heterocycles. The van der Waals surface area contributed by atoms with Crippen molar-refractivity contribution in [1.29, 1.82) is 0 Å². The van der Waals surface area contributed by atoms with E-state index in [0.717, 1.165) is 18.9 Å². The van der Waals surface area contributed by atoms with Crippen molar-refractivity contribution >= 4 is 33.7 Å². The van der Waals surface area contributed by atoms with Gasteiger partial charge in [-0.3, -0.25) is 4.72 Å². The number of halogens is 1. The summed E-state index contributed by atoms with van der Waals surface area (Å²) in [6.07, 6.45) is 2.66. The van der Waals surface area contributed by atoms with Crippen LogP contribution in [0.2, 0.25) is 0 Å². The van der Waals surface area contributed by atoms with E-state index < -0.39 is 21.4 Å². The van der Waals surface area contributed by atoms with Gasteiger partial charge in [0.25, 0.3) is 0 Å². The van der Waals surface area contributed by atoms with Crippen molar-refractivity contribution in [3.8, 4) is 0 Å². The molecule has 0 spiro atoms. The summed E-state index contributed by atoms with van der Waals surface area (Å²) in [7, 11) is -2.87. The molecule has 0 bridgehead atoms. The number of nitrogens with one attached hydrogen (secondary N) is 1.